The van der Waals surface area contributed by atoms with Gasteiger partial charge in [0, 0.05) is 35.2 Å². The highest BCUT2D eigenvalue weighted by molar-refractivity contribution is 6.30. The molecule has 37 heavy (non-hydrogen) atoms. The van der Waals surface area contributed by atoms with Crippen molar-refractivity contribution >= 4 is 29.0 Å². The molecule has 4 aromatic carbocycles. The number of carbonyl (C=O) groups is 2. The Bertz CT molecular complexity index is 1380. The standard InChI is InChI=1S/C31H27ClFNO3/c1-20(34-27-16-11-22(12-17-27)21-9-14-26(33)15-10-21)28-18-13-25(32)19-29(28)23-5-7-24(8-6-23)30(35)3-2-4-31(36)37/h5-20,34H,2-4H2,1H3,(H,36,37). The lowest BCUT2D eigenvalue weighted by molar-refractivity contribution is -0.137. The summed E-state index contributed by atoms with van der Waals surface area (Å²) in [6, 6.07) is 27.5. The van der Waals surface area contributed by atoms with Crippen LogP contribution in [-0.4, -0.2) is 16.9 Å². The maximum Gasteiger partial charge on any atom is 0.303 e. The molecule has 0 bridgehead atoms. The van der Waals surface area contributed by atoms with Crippen LogP contribution in [0.4, 0.5) is 10.1 Å². The monoisotopic (exact) mass is 515 g/mol. The van der Waals surface area contributed by atoms with Gasteiger partial charge in [0.2, 0.25) is 0 Å². The first kappa shape index (κ1) is 26.1. The SMILES string of the molecule is CC(Nc1ccc(-c2ccc(F)cc2)cc1)c1ccc(Cl)cc1-c1ccc(C(=O)CCCC(=O)O)cc1. The van der Waals surface area contributed by atoms with Crippen molar-refractivity contribution in [3.8, 4) is 22.3 Å². The molecule has 0 spiro atoms. The number of carbonyl (C=O) groups excluding carboxylic acids is 1. The highest BCUT2D eigenvalue weighted by Crippen LogP contribution is 2.33. The van der Waals surface area contributed by atoms with Gasteiger partial charge >= 0.3 is 5.97 Å². The van der Waals surface area contributed by atoms with Crippen LogP contribution >= 0.6 is 11.6 Å². The van der Waals surface area contributed by atoms with E-state index in [1.807, 2.05) is 54.6 Å². The lowest BCUT2D eigenvalue weighted by Crippen LogP contribution is -2.08. The zero-order chi connectivity index (χ0) is 26.4. The average Bonchev–Trinajstić information content (AvgIpc) is 2.89. The summed E-state index contributed by atoms with van der Waals surface area (Å²) in [7, 11) is 0. The third-order valence-corrected chi connectivity index (χ3v) is 6.47. The van der Waals surface area contributed by atoms with E-state index in [4.69, 9.17) is 16.7 Å². The fourth-order valence-electron chi connectivity index (χ4n) is 4.27. The summed E-state index contributed by atoms with van der Waals surface area (Å²) in [5, 5.41) is 12.9. The van der Waals surface area contributed by atoms with Crippen LogP contribution in [-0.2, 0) is 4.79 Å². The minimum absolute atomic E-state index is 0.0183. The number of hydrogen-bond acceptors (Lipinski definition) is 3. The Hall–Kier alpha value is -3.96. The molecule has 0 amide bonds. The third kappa shape index (κ3) is 6.83. The zero-order valence-electron chi connectivity index (χ0n) is 20.4. The summed E-state index contributed by atoms with van der Waals surface area (Å²) in [4.78, 5) is 23.1. The molecule has 4 nitrogen and oxygen atoms in total. The lowest BCUT2D eigenvalue weighted by Gasteiger charge is -2.20. The fourth-order valence-corrected chi connectivity index (χ4v) is 4.44. The molecule has 0 aliphatic carbocycles. The van der Waals surface area contributed by atoms with E-state index in [2.05, 4.69) is 12.2 Å². The summed E-state index contributed by atoms with van der Waals surface area (Å²) >= 11 is 6.34. The minimum Gasteiger partial charge on any atom is -0.481 e. The maximum atomic E-state index is 13.2. The molecule has 4 rings (SSSR count). The van der Waals surface area contributed by atoms with Crippen molar-refractivity contribution in [3.05, 3.63) is 113 Å². The second kappa shape index (κ2) is 11.8. The number of halogens is 2. The molecule has 1 unspecified atom stereocenters. The molecule has 188 valence electrons. The number of hydrogen-bond donors (Lipinski definition) is 2. The van der Waals surface area contributed by atoms with Crippen molar-refractivity contribution in [1.29, 1.82) is 0 Å². The van der Waals surface area contributed by atoms with Gasteiger partial charge < -0.3 is 10.4 Å². The summed E-state index contributed by atoms with van der Waals surface area (Å²) in [5.74, 6) is -1.23. The van der Waals surface area contributed by atoms with Gasteiger partial charge in [-0.3, -0.25) is 9.59 Å². The molecule has 1 atom stereocenters. The number of carboxylic acid groups (broad SMARTS) is 1. The Morgan fingerprint density at radius 2 is 1.43 bits per heavy atom. The van der Waals surface area contributed by atoms with E-state index in [9.17, 15) is 14.0 Å². The molecule has 0 aliphatic rings. The molecular weight excluding hydrogens is 489 g/mol. The maximum absolute atomic E-state index is 13.2. The van der Waals surface area contributed by atoms with Crippen molar-refractivity contribution < 1.29 is 19.1 Å². The third-order valence-electron chi connectivity index (χ3n) is 6.24. The first-order valence-corrected chi connectivity index (χ1v) is 12.5. The Labute approximate surface area is 220 Å². The molecule has 0 aromatic heterocycles. The number of rotatable bonds is 10. The van der Waals surface area contributed by atoms with E-state index in [0.717, 1.165) is 33.5 Å². The number of ketones is 1. The van der Waals surface area contributed by atoms with Gasteiger partial charge in [-0.15, -0.1) is 0 Å². The predicted molar refractivity (Wildman–Crippen MR) is 147 cm³/mol. The van der Waals surface area contributed by atoms with Gasteiger partial charge in [0.05, 0.1) is 0 Å². The van der Waals surface area contributed by atoms with Crippen molar-refractivity contribution in [1.82, 2.24) is 0 Å². The Balaban J connectivity index is 1.50. The van der Waals surface area contributed by atoms with Crippen LogP contribution in [0.2, 0.25) is 5.02 Å². The number of benzene rings is 4. The van der Waals surface area contributed by atoms with E-state index < -0.39 is 5.97 Å². The average molecular weight is 516 g/mol. The Morgan fingerprint density at radius 3 is 2.05 bits per heavy atom. The topological polar surface area (TPSA) is 66.4 Å². The van der Waals surface area contributed by atoms with Gasteiger partial charge in [0.1, 0.15) is 5.82 Å². The molecule has 6 heteroatoms. The van der Waals surface area contributed by atoms with Gasteiger partial charge in [0.15, 0.2) is 5.78 Å². The summed E-state index contributed by atoms with van der Waals surface area (Å²) < 4.78 is 13.2. The predicted octanol–water partition coefficient (Wildman–Crippen LogP) is 8.42. The molecule has 0 fully saturated rings. The van der Waals surface area contributed by atoms with Crippen LogP contribution in [0.15, 0.2) is 91.0 Å². The zero-order valence-corrected chi connectivity index (χ0v) is 21.1. The smallest absolute Gasteiger partial charge is 0.303 e. The fraction of sp³-hybridized carbons (Fsp3) is 0.161. The van der Waals surface area contributed by atoms with E-state index in [1.54, 1.807) is 24.3 Å². The number of carboxylic acids is 1. The number of aliphatic carboxylic acids is 1. The van der Waals surface area contributed by atoms with Crippen LogP contribution in [0.3, 0.4) is 0 Å². The van der Waals surface area contributed by atoms with Crippen molar-refractivity contribution in [2.45, 2.75) is 32.2 Å². The highest BCUT2D eigenvalue weighted by atomic mass is 35.5. The summed E-state index contributed by atoms with van der Waals surface area (Å²) in [6.07, 6.45) is 0.507. The molecule has 0 heterocycles. The molecule has 0 aliphatic heterocycles. The highest BCUT2D eigenvalue weighted by Gasteiger charge is 2.14. The minimum atomic E-state index is -0.900. The summed E-state index contributed by atoms with van der Waals surface area (Å²) in [5.41, 5.74) is 6.40. The van der Waals surface area contributed by atoms with E-state index >= 15 is 0 Å². The largest absolute Gasteiger partial charge is 0.481 e. The van der Waals surface area contributed by atoms with Crippen LogP contribution in [0, 0.1) is 5.82 Å². The number of Topliss-reactive ketones (excluding diaryl/α,β-unsaturated/α-hetero) is 1. The second-order valence-corrected chi connectivity index (χ2v) is 9.37. The van der Waals surface area contributed by atoms with Crippen molar-refractivity contribution in [2.24, 2.45) is 0 Å². The second-order valence-electron chi connectivity index (χ2n) is 8.93. The normalized spacial score (nSPS) is 11.6. The summed E-state index contributed by atoms with van der Waals surface area (Å²) in [6.45, 7) is 2.07. The molecule has 2 N–H and O–H groups in total. The van der Waals surface area contributed by atoms with E-state index in [-0.39, 0.29) is 30.5 Å². The first-order chi connectivity index (χ1) is 17.8. The molecule has 4 aromatic rings. The van der Waals surface area contributed by atoms with Gasteiger partial charge in [0.25, 0.3) is 0 Å². The molecule has 0 saturated heterocycles. The van der Waals surface area contributed by atoms with Gasteiger partial charge in [-0.05, 0) is 77.6 Å². The number of nitrogens with one attached hydrogen (secondary N) is 1. The van der Waals surface area contributed by atoms with Gasteiger partial charge in [-0.25, -0.2) is 4.39 Å². The molecular formula is C31H27ClFNO3. The van der Waals surface area contributed by atoms with Crippen LogP contribution in [0.5, 0.6) is 0 Å². The van der Waals surface area contributed by atoms with Crippen LogP contribution in [0.25, 0.3) is 22.3 Å². The molecule has 0 saturated carbocycles. The quantitative estimate of drug-likeness (QED) is 0.208. The lowest BCUT2D eigenvalue weighted by atomic mass is 9.94. The van der Waals surface area contributed by atoms with E-state index in [1.165, 1.54) is 12.1 Å². The van der Waals surface area contributed by atoms with Gasteiger partial charge in [-0.1, -0.05) is 66.2 Å². The van der Waals surface area contributed by atoms with Crippen molar-refractivity contribution in [2.75, 3.05) is 5.32 Å². The molecule has 0 radical (unpaired) electrons. The first-order valence-electron chi connectivity index (χ1n) is 12.1. The number of anilines is 1. The van der Waals surface area contributed by atoms with Crippen molar-refractivity contribution in [3.63, 3.8) is 0 Å². The Morgan fingerprint density at radius 1 is 0.838 bits per heavy atom. The van der Waals surface area contributed by atoms with Crippen LogP contribution < -0.4 is 5.32 Å². The van der Waals surface area contributed by atoms with Crippen LogP contribution in [0.1, 0.15) is 48.1 Å². The van der Waals surface area contributed by atoms with E-state index in [0.29, 0.717) is 17.0 Å². The van der Waals surface area contributed by atoms with Gasteiger partial charge in [-0.2, -0.15) is 0 Å². The Kier molecular flexibility index (Phi) is 8.36.